The lowest BCUT2D eigenvalue weighted by molar-refractivity contribution is 0.298. The van der Waals surface area contributed by atoms with Crippen molar-refractivity contribution in [2.75, 3.05) is 0 Å². The Kier molecular flexibility index (Phi) is 4.97. The number of nitrogens with one attached hydrogen (secondary N) is 1. The van der Waals surface area contributed by atoms with E-state index in [-0.39, 0.29) is 12.4 Å². The molecule has 0 aliphatic heterocycles. The first kappa shape index (κ1) is 17.7. The Balaban J connectivity index is 1.35. The number of benzene rings is 1. The second-order valence-corrected chi connectivity index (χ2v) is 6.18. The summed E-state index contributed by atoms with van der Waals surface area (Å²) in [7, 11) is 0. The van der Waals surface area contributed by atoms with E-state index in [0.717, 1.165) is 22.6 Å². The fraction of sp³-hybridized carbons (Fsp3) is 0.0952. The van der Waals surface area contributed by atoms with Crippen molar-refractivity contribution in [1.29, 1.82) is 0 Å². The van der Waals surface area contributed by atoms with Crippen LogP contribution in [0, 0.1) is 5.82 Å². The van der Waals surface area contributed by atoms with Gasteiger partial charge in [0, 0.05) is 23.0 Å². The lowest BCUT2D eigenvalue weighted by atomic mass is 10.2. The van der Waals surface area contributed by atoms with Crippen LogP contribution in [0.5, 0.6) is 5.75 Å². The number of pyridine rings is 2. The van der Waals surface area contributed by atoms with Crippen molar-refractivity contribution in [3.63, 3.8) is 0 Å². The largest absolute Gasteiger partial charge is 0.487 e. The van der Waals surface area contributed by atoms with Crippen LogP contribution in [-0.4, -0.2) is 19.6 Å². The van der Waals surface area contributed by atoms with Crippen LogP contribution < -0.4 is 10.1 Å². The number of halogens is 1. The number of ether oxygens (including phenoxy) is 1. The predicted molar refractivity (Wildman–Crippen MR) is 104 cm³/mol. The van der Waals surface area contributed by atoms with Gasteiger partial charge in [0.1, 0.15) is 24.5 Å². The van der Waals surface area contributed by atoms with Crippen LogP contribution in [-0.2, 0) is 13.2 Å². The minimum atomic E-state index is -0.280. The Hall–Kier alpha value is -3.74. The standard InChI is InChI=1S/C21H18FN5O/c1-15(19-6-4-10-27-14-25-26-21(19)27)23-11-17-8-9-18(12-24-17)28-13-16-5-2-3-7-20(16)22/h2-10,12,14,23H,1,11,13H2. The zero-order valence-electron chi connectivity index (χ0n) is 15.0. The molecular formula is C21H18FN5O. The van der Waals surface area contributed by atoms with E-state index in [9.17, 15) is 4.39 Å². The van der Waals surface area contributed by atoms with E-state index in [0.29, 0.717) is 17.9 Å². The van der Waals surface area contributed by atoms with Gasteiger partial charge in [0.2, 0.25) is 0 Å². The molecule has 4 rings (SSSR count). The Morgan fingerprint density at radius 3 is 2.86 bits per heavy atom. The van der Waals surface area contributed by atoms with Crippen LogP contribution in [0.15, 0.2) is 73.8 Å². The number of hydrogen-bond acceptors (Lipinski definition) is 5. The molecule has 0 fully saturated rings. The van der Waals surface area contributed by atoms with Crippen LogP contribution in [0.2, 0.25) is 0 Å². The highest BCUT2D eigenvalue weighted by atomic mass is 19.1. The summed E-state index contributed by atoms with van der Waals surface area (Å²) in [5.41, 5.74) is 3.69. The van der Waals surface area contributed by atoms with Gasteiger partial charge in [-0.25, -0.2) is 4.39 Å². The first-order valence-corrected chi connectivity index (χ1v) is 8.73. The Labute approximate surface area is 161 Å². The van der Waals surface area contributed by atoms with Crippen LogP contribution in [0.3, 0.4) is 0 Å². The van der Waals surface area contributed by atoms with E-state index in [2.05, 4.69) is 27.1 Å². The Morgan fingerprint density at radius 1 is 1.14 bits per heavy atom. The molecule has 0 radical (unpaired) electrons. The van der Waals surface area contributed by atoms with E-state index in [4.69, 9.17) is 4.74 Å². The third-order valence-electron chi connectivity index (χ3n) is 4.28. The molecule has 0 atom stereocenters. The van der Waals surface area contributed by atoms with Crippen molar-refractivity contribution >= 4 is 11.3 Å². The molecule has 28 heavy (non-hydrogen) atoms. The fourth-order valence-corrected chi connectivity index (χ4v) is 2.76. The van der Waals surface area contributed by atoms with Gasteiger partial charge in [-0.3, -0.25) is 9.38 Å². The minimum Gasteiger partial charge on any atom is -0.487 e. The summed E-state index contributed by atoms with van der Waals surface area (Å²) in [6, 6.07) is 14.1. The van der Waals surface area contributed by atoms with E-state index >= 15 is 0 Å². The summed E-state index contributed by atoms with van der Waals surface area (Å²) in [5.74, 6) is 0.302. The quantitative estimate of drug-likeness (QED) is 0.535. The summed E-state index contributed by atoms with van der Waals surface area (Å²) in [4.78, 5) is 4.38. The second-order valence-electron chi connectivity index (χ2n) is 6.18. The van der Waals surface area contributed by atoms with Gasteiger partial charge in [-0.2, -0.15) is 0 Å². The molecule has 3 aromatic heterocycles. The normalized spacial score (nSPS) is 10.8. The van der Waals surface area contributed by atoms with Crippen LogP contribution in [0.1, 0.15) is 16.8 Å². The first-order valence-electron chi connectivity index (χ1n) is 8.73. The molecule has 1 N–H and O–H groups in total. The first-order chi connectivity index (χ1) is 13.7. The van der Waals surface area contributed by atoms with Crippen molar-refractivity contribution in [3.8, 4) is 5.75 Å². The molecule has 0 bridgehead atoms. The predicted octanol–water partition coefficient (Wildman–Crippen LogP) is 3.60. The zero-order valence-corrected chi connectivity index (χ0v) is 15.0. The monoisotopic (exact) mass is 375 g/mol. The molecule has 140 valence electrons. The van der Waals surface area contributed by atoms with Gasteiger partial charge in [0.25, 0.3) is 0 Å². The van der Waals surface area contributed by atoms with Gasteiger partial charge < -0.3 is 10.1 Å². The topological polar surface area (TPSA) is 64.3 Å². The number of hydrogen-bond donors (Lipinski definition) is 1. The van der Waals surface area contributed by atoms with Gasteiger partial charge >= 0.3 is 0 Å². The van der Waals surface area contributed by atoms with Gasteiger partial charge in [-0.1, -0.05) is 24.8 Å². The maximum absolute atomic E-state index is 13.6. The molecular weight excluding hydrogens is 357 g/mol. The maximum atomic E-state index is 13.6. The van der Waals surface area contributed by atoms with Crippen LogP contribution >= 0.6 is 0 Å². The third-order valence-corrected chi connectivity index (χ3v) is 4.28. The highest BCUT2D eigenvalue weighted by molar-refractivity contribution is 5.72. The van der Waals surface area contributed by atoms with Gasteiger partial charge in [-0.05, 0) is 30.3 Å². The molecule has 4 aromatic rings. The summed E-state index contributed by atoms with van der Waals surface area (Å²) >= 11 is 0. The van der Waals surface area contributed by atoms with Gasteiger partial charge in [0.15, 0.2) is 5.65 Å². The van der Waals surface area contributed by atoms with Crippen LogP contribution in [0.25, 0.3) is 11.3 Å². The summed E-state index contributed by atoms with van der Waals surface area (Å²) < 4.78 is 21.1. The number of fused-ring (bicyclic) bond motifs is 1. The van der Waals surface area contributed by atoms with Gasteiger partial charge in [0.05, 0.1) is 18.4 Å². The summed E-state index contributed by atoms with van der Waals surface area (Å²) in [6.07, 6.45) is 5.15. The smallest absolute Gasteiger partial charge is 0.169 e. The molecule has 1 aromatic carbocycles. The molecule has 7 heteroatoms. The zero-order chi connectivity index (χ0) is 19.3. The highest BCUT2D eigenvalue weighted by Gasteiger charge is 2.07. The van der Waals surface area contributed by atoms with E-state index in [1.165, 1.54) is 6.07 Å². The third kappa shape index (κ3) is 3.83. The second kappa shape index (κ2) is 7.87. The number of nitrogens with zero attached hydrogens (tertiary/aromatic N) is 4. The minimum absolute atomic E-state index is 0.158. The molecule has 6 nitrogen and oxygen atoms in total. The molecule has 0 aliphatic rings. The molecule has 0 aliphatic carbocycles. The lowest BCUT2D eigenvalue weighted by Gasteiger charge is -2.11. The van der Waals surface area contributed by atoms with Gasteiger partial charge in [-0.15, -0.1) is 10.2 Å². The maximum Gasteiger partial charge on any atom is 0.169 e. The summed E-state index contributed by atoms with van der Waals surface area (Å²) in [6.45, 7) is 4.74. The molecule has 3 heterocycles. The van der Waals surface area contributed by atoms with Crippen molar-refractivity contribution in [1.82, 2.24) is 24.9 Å². The van der Waals surface area contributed by atoms with E-state index in [1.807, 2.05) is 34.9 Å². The molecule has 0 unspecified atom stereocenters. The van der Waals surface area contributed by atoms with Crippen molar-refractivity contribution in [2.45, 2.75) is 13.2 Å². The number of aromatic nitrogens is 4. The Morgan fingerprint density at radius 2 is 2.04 bits per heavy atom. The number of rotatable bonds is 7. The molecule has 0 saturated heterocycles. The van der Waals surface area contributed by atoms with Crippen molar-refractivity contribution < 1.29 is 9.13 Å². The van der Waals surface area contributed by atoms with E-state index in [1.54, 1.807) is 30.7 Å². The Bertz CT molecular complexity index is 1110. The molecule has 0 saturated carbocycles. The fourth-order valence-electron chi connectivity index (χ4n) is 2.76. The average Bonchev–Trinajstić information content (AvgIpc) is 3.21. The van der Waals surface area contributed by atoms with Crippen molar-refractivity contribution in [3.05, 3.63) is 96.5 Å². The summed E-state index contributed by atoms with van der Waals surface area (Å²) in [5, 5.41) is 11.3. The molecule has 0 spiro atoms. The molecule has 0 amide bonds. The highest BCUT2D eigenvalue weighted by Crippen LogP contribution is 2.16. The van der Waals surface area contributed by atoms with Crippen LogP contribution in [0.4, 0.5) is 4.39 Å². The average molecular weight is 375 g/mol. The lowest BCUT2D eigenvalue weighted by Crippen LogP contribution is -2.12. The SMILES string of the molecule is C=C(NCc1ccc(OCc2ccccc2F)cn1)c1cccn2cnnc12. The van der Waals surface area contributed by atoms with E-state index < -0.39 is 0 Å². The van der Waals surface area contributed by atoms with Crippen molar-refractivity contribution in [2.24, 2.45) is 0 Å².